The molecule has 1 aromatic heterocycles. The van der Waals surface area contributed by atoms with Crippen molar-refractivity contribution in [2.24, 2.45) is 0 Å². The lowest BCUT2D eigenvalue weighted by Gasteiger charge is -2.28. The number of para-hydroxylation sites is 1. The molecule has 1 fully saturated rings. The van der Waals surface area contributed by atoms with Gasteiger partial charge in [-0.25, -0.2) is 0 Å². The predicted octanol–water partition coefficient (Wildman–Crippen LogP) is 3.45. The number of piperidine rings is 1. The predicted molar refractivity (Wildman–Crippen MR) is 101 cm³/mol. The number of pyridine rings is 1. The fourth-order valence-electron chi connectivity index (χ4n) is 3.70. The van der Waals surface area contributed by atoms with Crippen LogP contribution in [0.3, 0.4) is 0 Å². The van der Waals surface area contributed by atoms with Crippen molar-refractivity contribution in [2.45, 2.75) is 19.3 Å². The lowest BCUT2D eigenvalue weighted by molar-refractivity contribution is -0.113. The zero-order valence-corrected chi connectivity index (χ0v) is 14.4. The molecule has 0 saturated carbocycles. The molecule has 128 valence electrons. The molecule has 4 rings (SSSR count). The molecule has 4 heteroatoms. The van der Waals surface area contributed by atoms with Crippen LogP contribution in [0.15, 0.2) is 48.7 Å². The maximum Gasteiger partial charge on any atom is 0.259 e. The maximum absolute atomic E-state index is 13.1. The van der Waals surface area contributed by atoms with Gasteiger partial charge in [-0.1, -0.05) is 30.7 Å². The van der Waals surface area contributed by atoms with Crippen molar-refractivity contribution in [1.29, 1.82) is 0 Å². The molecule has 4 nitrogen and oxygen atoms in total. The summed E-state index contributed by atoms with van der Waals surface area (Å²) in [6.45, 7) is 3.99. The van der Waals surface area contributed by atoms with E-state index in [0.29, 0.717) is 0 Å². The van der Waals surface area contributed by atoms with Gasteiger partial charge in [0.25, 0.3) is 5.91 Å². The SMILES string of the molecule is O=C1/C(=C\c2ccccn2)c2ccccc2N1CCN1CCCCC1. The summed E-state index contributed by atoms with van der Waals surface area (Å²) in [4.78, 5) is 21.8. The first-order valence-corrected chi connectivity index (χ1v) is 9.09. The quantitative estimate of drug-likeness (QED) is 0.804. The summed E-state index contributed by atoms with van der Waals surface area (Å²) in [7, 11) is 0. The van der Waals surface area contributed by atoms with Crippen LogP contribution in [-0.4, -0.2) is 42.0 Å². The van der Waals surface area contributed by atoms with E-state index < -0.39 is 0 Å². The van der Waals surface area contributed by atoms with Crippen LogP contribution >= 0.6 is 0 Å². The van der Waals surface area contributed by atoms with Crippen molar-refractivity contribution in [1.82, 2.24) is 9.88 Å². The fourth-order valence-corrected chi connectivity index (χ4v) is 3.70. The number of rotatable bonds is 4. The third-order valence-corrected chi connectivity index (χ3v) is 5.03. The van der Waals surface area contributed by atoms with Gasteiger partial charge < -0.3 is 9.80 Å². The molecule has 2 aliphatic heterocycles. The van der Waals surface area contributed by atoms with Gasteiger partial charge in [-0.3, -0.25) is 9.78 Å². The van der Waals surface area contributed by atoms with Gasteiger partial charge in [0.15, 0.2) is 0 Å². The van der Waals surface area contributed by atoms with Crippen molar-refractivity contribution < 1.29 is 4.79 Å². The Hall–Kier alpha value is -2.46. The molecule has 0 atom stereocenters. The van der Waals surface area contributed by atoms with Crippen LogP contribution < -0.4 is 4.90 Å². The third kappa shape index (κ3) is 3.35. The number of hydrogen-bond acceptors (Lipinski definition) is 3. The van der Waals surface area contributed by atoms with Gasteiger partial charge >= 0.3 is 0 Å². The first-order valence-electron chi connectivity index (χ1n) is 9.09. The number of fused-ring (bicyclic) bond motifs is 1. The zero-order valence-electron chi connectivity index (χ0n) is 14.4. The third-order valence-electron chi connectivity index (χ3n) is 5.03. The van der Waals surface area contributed by atoms with Gasteiger partial charge in [-0.05, 0) is 50.2 Å². The highest BCUT2D eigenvalue weighted by Gasteiger charge is 2.32. The van der Waals surface area contributed by atoms with E-state index in [0.717, 1.165) is 48.7 Å². The van der Waals surface area contributed by atoms with E-state index in [1.807, 2.05) is 53.4 Å². The van der Waals surface area contributed by atoms with E-state index in [9.17, 15) is 4.79 Å². The normalized spacial score (nSPS) is 19.4. The standard InChI is InChI=1S/C21H23N3O/c25-21-19(16-17-8-4-5-11-22-17)18-9-2-3-10-20(18)24(21)15-14-23-12-6-1-7-13-23/h2-5,8-11,16H,1,6-7,12-15H2/b19-16-. The monoisotopic (exact) mass is 333 g/mol. The summed E-state index contributed by atoms with van der Waals surface area (Å²) in [6.07, 6.45) is 7.54. The average Bonchev–Trinajstić information content (AvgIpc) is 2.93. The van der Waals surface area contributed by atoms with E-state index in [2.05, 4.69) is 9.88 Å². The van der Waals surface area contributed by atoms with Crippen molar-refractivity contribution in [3.63, 3.8) is 0 Å². The molecule has 1 saturated heterocycles. The molecule has 0 radical (unpaired) electrons. The smallest absolute Gasteiger partial charge is 0.259 e. The van der Waals surface area contributed by atoms with Crippen LogP contribution in [0.1, 0.15) is 30.5 Å². The molecule has 1 amide bonds. The van der Waals surface area contributed by atoms with Gasteiger partial charge in [0.2, 0.25) is 0 Å². The lowest BCUT2D eigenvalue weighted by Crippen LogP contribution is -2.39. The number of benzene rings is 1. The molecule has 0 unspecified atom stereocenters. The molecule has 0 bridgehead atoms. The van der Waals surface area contributed by atoms with Gasteiger partial charge in [0.05, 0.1) is 17.0 Å². The Morgan fingerprint density at radius 3 is 2.56 bits per heavy atom. The summed E-state index contributed by atoms with van der Waals surface area (Å²) < 4.78 is 0. The second-order valence-corrected chi connectivity index (χ2v) is 6.69. The summed E-state index contributed by atoms with van der Waals surface area (Å²) >= 11 is 0. The Labute approximate surface area is 148 Å². The van der Waals surface area contributed by atoms with Crippen LogP contribution in [0, 0.1) is 0 Å². The number of hydrogen-bond donors (Lipinski definition) is 0. The van der Waals surface area contributed by atoms with Crippen LogP contribution in [0.4, 0.5) is 5.69 Å². The molecular formula is C21H23N3O. The molecule has 0 spiro atoms. The first-order chi connectivity index (χ1) is 12.3. The van der Waals surface area contributed by atoms with E-state index in [1.54, 1.807) is 6.20 Å². The Morgan fingerprint density at radius 2 is 1.76 bits per heavy atom. The topological polar surface area (TPSA) is 36.4 Å². The van der Waals surface area contributed by atoms with Crippen molar-refractivity contribution >= 4 is 23.2 Å². The van der Waals surface area contributed by atoms with Crippen LogP contribution in [0.25, 0.3) is 11.6 Å². The minimum Gasteiger partial charge on any atom is -0.306 e. The first kappa shape index (κ1) is 16.0. The van der Waals surface area contributed by atoms with E-state index in [1.165, 1.54) is 19.3 Å². The lowest BCUT2D eigenvalue weighted by atomic mass is 10.1. The van der Waals surface area contributed by atoms with Crippen LogP contribution in [0.2, 0.25) is 0 Å². The second-order valence-electron chi connectivity index (χ2n) is 6.69. The highest BCUT2D eigenvalue weighted by Crippen LogP contribution is 2.37. The maximum atomic E-state index is 13.1. The Kier molecular flexibility index (Phi) is 4.61. The minimum absolute atomic E-state index is 0.0869. The number of amides is 1. The largest absolute Gasteiger partial charge is 0.306 e. The number of nitrogens with zero attached hydrogens (tertiary/aromatic N) is 3. The molecular weight excluding hydrogens is 310 g/mol. The van der Waals surface area contributed by atoms with Crippen LogP contribution in [-0.2, 0) is 4.79 Å². The molecule has 25 heavy (non-hydrogen) atoms. The molecule has 0 N–H and O–H groups in total. The van der Waals surface area contributed by atoms with Gasteiger partial charge in [0.1, 0.15) is 0 Å². The number of anilines is 1. The van der Waals surface area contributed by atoms with Gasteiger partial charge in [0, 0.05) is 24.8 Å². The number of carbonyl (C=O) groups excluding carboxylic acids is 1. The Balaban J connectivity index is 1.59. The second kappa shape index (κ2) is 7.19. The highest BCUT2D eigenvalue weighted by atomic mass is 16.2. The average molecular weight is 333 g/mol. The van der Waals surface area contributed by atoms with E-state index in [-0.39, 0.29) is 5.91 Å². The van der Waals surface area contributed by atoms with E-state index >= 15 is 0 Å². The Morgan fingerprint density at radius 1 is 0.960 bits per heavy atom. The summed E-state index contributed by atoms with van der Waals surface area (Å²) in [5.74, 6) is 0.0869. The highest BCUT2D eigenvalue weighted by molar-refractivity contribution is 6.35. The van der Waals surface area contributed by atoms with Crippen LogP contribution in [0.5, 0.6) is 0 Å². The van der Waals surface area contributed by atoms with Gasteiger partial charge in [-0.2, -0.15) is 0 Å². The molecule has 0 aliphatic carbocycles. The number of aromatic nitrogens is 1. The molecule has 1 aromatic carbocycles. The summed E-state index contributed by atoms with van der Waals surface area (Å²) in [5, 5.41) is 0. The summed E-state index contributed by atoms with van der Waals surface area (Å²) in [6, 6.07) is 13.8. The van der Waals surface area contributed by atoms with Crippen molar-refractivity contribution in [3.05, 3.63) is 59.9 Å². The van der Waals surface area contributed by atoms with Gasteiger partial charge in [-0.15, -0.1) is 0 Å². The number of likely N-dealkylation sites (tertiary alicyclic amines) is 1. The fraction of sp³-hybridized carbons (Fsp3) is 0.333. The molecule has 2 aliphatic rings. The van der Waals surface area contributed by atoms with E-state index in [4.69, 9.17) is 0 Å². The Bertz CT molecular complexity index is 779. The molecule has 3 heterocycles. The van der Waals surface area contributed by atoms with Crippen molar-refractivity contribution in [2.75, 3.05) is 31.1 Å². The number of carbonyl (C=O) groups is 1. The minimum atomic E-state index is 0.0869. The zero-order chi connectivity index (χ0) is 17.1. The molecule has 2 aromatic rings. The summed E-state index contributed by atoms with van der Waals surface area (Å²) in [5.41, 5.74) is 3.59. The van der Waals surface area contributed by atoms with Crippen molar-refractivity contribution in [3.8, 4) is 0 Å².